The third kappa shape index (κ3) is 2.33. The van der Waals surface area contributed by atoms with Crippen LogP contribution < -0.4 is 5.32 Å². The molecule has 24 heavy (non-hydrogen) atoms. The number of rotatable bonds is 3. The van der Waals surface area contributed by atoms with Crippen molar-refractivity contribution in [3.63, 3.8) is 0 Å². The molecule has 0 fully saturated rings. The lowest BCUT2D eigenvalue weighted by molar-refractivity contribution is 1.08. The van der Waals surface area contributed by atoms with Crippen molar-refractivity contribution < 1.29 is 0 Å². The fraction of sp³-hybridized carbons (Fsp3) is 0.190. The molecule has 2 aromatic carbocycles. The Balaban J connectivity index is 1.74. The number of nitrogens with zero attached hydrogens (tertiary/aromatic N) is 2. The van der Waals surface area contributed by atoms with Crippen LogP contribution in [0.3, 0.4) is 0 Å². The Morgan fingerprint density at radius 3 is 2.67 bits per heavy atom. The Labute approximate surface area is 142 Å². The molecule has 0 atom stereocenters. The number of aromatic nitrogens is 2. The monoisotopic (exact) mass is 315 g/mol. The molecule has 120 valence electrons. The fourth-order valence-corrected chi connectivity index (χ4v) is 3.30. The number of nitrogens with one attached hydrogen (secondary N) is 1. The smallest absolute Gasteiger partial charge is 0.160 e. The molecule has 2 heterocycles. The summed E-state index contributed by atoms with van der Waals surface area (Å²) in [5.74, 6) is 0. The third-order valence-corrected chi connectivity index (χ3v) is 4.86. The number of anilines is 1. The van der Waals surface area contributed by atoms with E-state index in [1.807, 2.05) is 0 Å². The molecule has 0 saturated carbocycles. The molecule has 4 aromatic rings. The summed E-state index contributed by atoms with van der Waals surface area (Å²) in [7, 11) is 0. The molecule has 0 saturated heterocycles. The first-order chi connectivity index (χ1) is 11.6. The number of imidazole rings is 1. The van der Waals surface area contributed by atoms with Gasteiger partial charge in [0.15, 0.2) is 5.65 Å². The minimum atomic E-state index is 0.789. The molecule has 0 bridgehead atoms. The van der Waals surface area contributed by atoms with Gasteiger partial charge in [-0.1, -0.05) is 36.4 Å². The summed E-state index contributed by atoms with van der Waals surface area (Å²) in [4.78, 5) is 4.71. The minimum Gasteiger partial charge on any atom is -0.378 e. The Morgan fingerprint density at radius 1 is 0.958 bits per heavy atom. The first-order valence-corrected chi connectivity index (χ1v) is 8.30. The summed E-state index contributed by atoms with van der Waals surface area (Å²) in [6, 6.07) is 17.1. The van der Waals surface area contributed by atoms with E-state index in [1.54, 1.807) is 0 Å². The van der Waals surface area contributed by atoms with E-state index in [2.05, 4.69) is 85.2 Å². The molecule has 0 aliphatic heterocycles. The van der Waals surface area contributed by atoms with Gasteiger partial charge in [0.1, 0.15) is 0 Å². The standard InChI is InChI=1S/C21H21N3/c1-14-10-11-17-7-4-5-8-18(17)19(14)13-22-20-9-6-12-24-16(3)15(2)23-21(20)24/h4-12,22H,13H2,1-3H3. The Morgan fingerprint density at radius 2 is 1.79 bits per heavy atom. The van der Waals surface area contributed by atoms with Crippen molar-refractivity contribution in [3.8, 4) is 0 Å². The quantitative estimate of drug-likeness (QED) is 0.575. The van der Waals surface area contributed by atoms with Crippen LogP contribution in [-0.4, -0.2) is 9.38 Å². The molecule has 0 unspecified atom stereocenters. The molecular weight excluding hydrogens is 294 g/mol. The van der Waals surface area contributed by atoms with Crippen LogP contribution in [0.1, 0.15) is 22.5 Å². The van der Waals surface area contributed by atoms with Crippen molar-refractivity contribution >= 4 is 22.1 Å². The van der Waals surface area contributed by atoms with Gasteiger partial charge < -0.3 is 9.72 Å². The van der Waals surface area contributed by atoms with E-state index in [1.165, 1.54) is 27.6 Å². The van der Waals surface area contributed by atoms with Gasteiger partial charge in [-0.3, -0.25) is 0 Å². The van der Waals surface area contributed by atoms with Crippen LogP contribution in [-0.2, 0) is 6.54 Å². The van der Waals surface area contributed by atoms with E-state index in [0.29, 0.717) is 0 Å². The van der Waals surface area contributed by atoms with E-state index in [4.69, 9.17) is 4.98 Å². The van der Waals surface area contributed by atoms with Crippen LogP contribution in [0, 0.1) is 20.8 Å². The van der Waals surface area contributed by atoms with Crippen molar-refractivity contribution in [2.45, 2.75) is 27.3 Å². The van der Waals surface area contributed by atoms with E-state index in [0.717, 1.165) is 23.6 Å². The van der Waals surface area contributed by atoms with E-state index in [9.17, 15) is 0 Å². The van der Waals surface area contributed by atoms with Gasteiger partial charge in [0.2, 0.25) is 0 Å². The van der Waals surface area contributed by atoms with Gasteiger partial charge in [-0.05, 0) is 54.8 Å². The zero-order valence-electron chi connectivity index (χ0n) is 14.3. The van der Waals surface area contributed by atoms with Crippen LogP contribution in [0.4, 0.5) is 5.69 Å². The molecule has 0 aliphatic rings. The second-order valence-electron chi connectivity index (χ2n) is 6.33. The summed E-state index contributed by atoms with van der Waals surface area (Å²) in [5, 5.41) is 6.19. The van der Waals surface area contributed by atoms with Gasteiger partial charge in [0, 0.05) is 18.4 Å². The van der Waals surface area contributed by atoms with E-state index >= 15 is 0 Å². The van der Waals surface area contributed by atoms with Gasteiger partial charge in [-0.2, -0.15) is 0 Å². The highest BCUT2D eigenvalue weighted by atomic mass is 15.0. The molecule has 1 N–H and O–H groups in total. The van der Waals surface area contributed by atoms with E-state index < -0.39 is 0 Å². The lowest BCUT2D eigenvalue weighted by Gasteiger charge is -2.13. The fourth-order valence-electron chi connectivity index (χ4n) is 3.30. The molecular formula is C21H21N3. The number of pyridine rings is 1. The van der Waals surface area contributed by atoms with Crippen LogP contribution >= 0.6 is 0 Å². The predicted octanol–water partition coefficient (Wildman–Crippen LogP) is 5.02. The average molecular weight is 315 g/mol. The second kappa shape index (κ2) is 5.68. The van der Waals surface area contributed by atoms with Crippen molar-refractivity contribution in [2.75, 3.05) is 5.32 Å². The van der Waals surface area contributed by atoms with E-state index in [-0.39, 0.29) is 0 Å². The Hall–Kier alpha value is -2.81. The zero-order chi connectivity index (χ0) is 16.7. The lowest BCUT2D eigenvalue weighted by Crippen LogP contribution is -2.04. The average Bonchev–Trinajstić information content (AvgIpc) is 2.89. The maximum atomic E-state index is 4.71. The van der Waals surface area contributed by atoms with Gasteiger partial charge >= 0.3 is 0 Å². The topological polar surface area (TPSA) is 29.3 Å². The predicted molar refractivity (Wildman–Crippen MR) is 101 cm³/mol. The van der Waals surface area contributed by atoms with Crippen molar-refractivity contribution in [3.05, 3.63) is 77.2 Å². The molecule has 3 heteroatoms. The number of benzene rings is 2. The highest BCUT2D eigenvalue weighted by Crippen LogP contribution is 2.25. The molecule has 3 nitrogen and oxygen atoms in total. The molecule has 0 radical (unpaired) electrons. The summed E-state index contributed by atoms with van der Waals surface area (Å²) >= 11 is 0. The highest BCUT2D eigenvalue weighted by molar-refractivity contribution is 5.87. The molecule has 0 amide bonds. The summed E-state index contributed by atoms with van der Waals surface area (Å²) in [6.45, 7) is 7.13. The summed E-state index contributed by atoms with van der Waals surface area (Å²) in [5.41, 5.74) is 6.98. The lowest BCUT2D eigenvalue weighted by atomic mass is 10.00. The van der Waals surface area contributed by atoms with Crippen molar-refractivity contribution in [1.29, 1.82) is 0 Å². The number of hydrogen-bond acceptors (Lipinski definition) is 2. The maximum Gasteiger partial charge on any atom is 0.160 e. The molecule has 4 rings (SSSR count). The molecule has 2 aromatic heterocycles. The first-order valence-electron chi connectivity index (χ1n) is 8.30. The molecule has 0 spiro atoms. The zero-order valence-corrected chi connectivity index (χ0v) is 14.3. The first kappa shape index (κ1) is 14.8. The van der Waals surface area contributed by atoms with Crippen LogP contribution in [0.5, 0.6) is 0 Å². The van der Waals surface area contributed by atoms with Gasteiger partial charge in [-0.15, -0.1) is 0 Å². The van der Waals surface area contributed by atoms with Crippen LogP contribution in [0.2, 0.25) is 0 Å². The van der Waals surface area contributed by atoms with Gasteiger partial charge in [0.05, 0.1) is 11.4 Å². The van der Waals surface area contributed by atoms with Crippen molar-refractivity contribution in [1.82, 2.24) is 9.38 Å². The SMILES string of the molecule is Cc1ccc2ccccc2c1CNc1cccn2c(C)c(C)nc12. The third-order valence-electron chi connectivity index (χ3n) is 4.86. The number of hydrogen-bond donors (Lipinski definition) is 1. The summed E-state index contributed by atoms with van der Waals surface area (Å²) < 4.78 is 2.15. The van der Waals surface area contributed by atoms with Crippen LogP contribution in [0.25, 0.3) is 16.4 Å². The largest absolute Gasteiger partial charge is 0.378 e. The normalized spacial score (nSPS) is 11.3. The summed E-state index contributed by atoms with van der Waals surface area (Å²) in [6.07, 6.45) is 2.07. The number of fused-ring (bicyclic) bond motifs is 2. The second-order valence-corrected chi connectivity index (χ2v) is 6.33. The maximum absolute atomic E-state index is 4.71. The van der Waals surface area contributed by atoms with Crippen molar-refractivity contribution in [2.24, 2.45) is 0 Å². The van der Waals surface area contributed by atoms with Gasteiger partial charge in [0.25, 0.3) is 0 Å². The number of aryl methyl sites for hydroxylation is 3. The Bertz CT molecular complexity index is 1040. The molecule has 0 aliphatic carbocycles. The highest BCUT2D eigenvalue weighted by Gasteiger charge is 2.09. The Kier molecular flexibility index (Phi) is 3.49. The van der Waals surface area contributed by atoms with Gasteiger partial charge in [-0.25, -0.2) is 4.98 Å². The minimum absolute atomic E-state index is 0.789. The van der Waals surface area contributed by atoms with Crippen LogP contribution in [0.15, 0.2) is 54.7 Å².